The van der Waals surface area contributed by atoms with Crippen molar-refractivity contribution in [2.45, 2.75) is 50.5 Å². The first-order valence-corrected chi connectivity index (χ1v) is 11.3. The molecular weight excluding hydrogens is 366 g/mol. The zero-order valence-electron chi connectivity index (χ0n) is 16.7. The Bertz CT molecular complexity index is 714. The Labute approximate surface area is 162 Å². The van der Waals surface area contributed by atoms with Crippen LogP contribution in [0.2, 0.25) is 0 Å². The molecule has 1 aliphatic heterocycles. The Kier molecular flexibility index (Phi) is 7.28. The first-order chi connectivity index (χ1) is 12.5. The topological polar surface area (TPSA) is 72.9 Å². The van der Waals surface area contributed by atoms with Gasteiger partial charge >= 0.3 is 6.09 Å². The third-order valence-electron chi connectivity index (χ3n) is 4.51. The molecule has 7 heteroatoms. The second-order valence-electron chi connectivity index (χ2n) is 8.15. The summed E-state index contributed by atoms with van der Waals surface area (Å²) in [6, 6.07) is 6.94. The molecule has 0 saturated carbocycles. The highest BCUT2D eigenvalue weighted by atomic mass is 32.2. The van der Waals surface area contributed by atoms with Crippen molar-refractivity contribution in [1.29, 1.82) is 0 Å². The first kappa shape index (κ1) is 21.7. The standard InChI is InChI=1S/C20H31NO5S/c1-20(2,3)26-19(22)21-12-9-17(10-13-21)15-25-14-11-16-5-7-18(8-6-16)27(4,23)24/h5-8,17H,9-15H2,1-4H3. The third-order valence-corrected chi connectivity index (χ3v) is 5.63. The Balaban J connectivity index is 1.65. The molecule has 6 nitrogen and oxygen atoms in total. The smallest absolute Gasteiger partial charge is 0.410 e. The average Bonchev–Trinajstić information content (AvgIpc) is 2.57. The van der Waals surface area contributed by atoms with Crippen LogP contribution in [0.5, 0.6) is 0 Å². The van der Waals surface area contributed by atoms with Gasteiger partial charge in [0, 0.05) is 26.0 Å². The summed E-state index contributed by atoms with van der Waals surface area (Å²) in [5.41, 5.74) is 0.596. The zero-order chi connectivity index (χ0) is 20.1. The normalized spacial score (nSPS) is 16.4. The molecule has 1 aromatic carbocycles. The maximum atomic E-state index is 12.1. The molecule has 0 atom stereocenters. The van der Waals surface area contributed by atoms with E-state index in [1.807, 2.05) is 32.9 Å². The summed E-state index contributed by atoms with van der Waals surface area (Å²) in [4.78, 5) is 14.2. The number of sulfone groups is 1. The van der Waals surface area contributed by atoms with Crippen LogP contribution in [-0.4, -0.2) is 57.6 Å². The molecule has 0 radical (unpaired) electrons. The Morgan fingerprint density at radius 2 is 1.74 bits per heavy atom. The number of piperidine rings is 1. The summed E-state index contributed by atoms with van der Waals surface area (Å²) in [5, 5.41) is 0. The molecular formula is C20H31NO5S. The van der Waals surface area contributed by atoms with E-state index in [9.17, 15) is 13.2 Å². The first-order valence-electron chi connectivity index (χ1n) is 9.39. The molecule has 0 aliphatic carbocycles. The summed E-state index contributed by atoms with van der Waals surface area (Å²) < 4.78 is 34.1. The molecule has 0 unspecified atom stereocenters. The lowest BCUT2D eigenvalue weighted by molar-refractivity contribution is 0.0119. The highest BCUT2D eigenvalue weighted by Gasteiger charge is 2.26. The van der Waals surface area contributed by atoms with E-state index in [2.05, 4.69) is 0 Å². The fraction of sp³-hybridized carbons (Fsp3) is 0.650. The van der Waals surface area contributed by atoms with Gasteiger partial charge in [0.05, 0.1) is 11.5 Å². The molecule has 1 amide bonds. The summed E-state index contributed by atoms with van der Waals surface area (Å²) >= 11 is 0. The lowest BCUT2D eigenvalue weighted by Crippen LogP contribution is -2.42. The van der Waals surface area contributed by atoms with Crippen molar-refractivity contribution in [1.82, 2.24) is 4.90 Å². The zero-order valence-corrected chi connectivity index (χ0v) is 17.5. The summed E-state index contributed by atoms with van der Waals surface area (Å²) in [6.07, 6.45) is 3.56. The monoisotopic (exact) mass is 397 g/mol. The van der Waals surface area contributed by atoms with Crippen LogP contribution in [0.15, 0.2) is 29.2 Å². The highest BCUT2D eigenvalue weighted by molar-refractivity contribution is 7.90. The largest absolute Gasteiger partial charge is 0.444 e. The molecule has 1 saturated heterocycles. The number of ether oxygens (including phenoxy) is 2. The van der Waals surface area contributed by atoms with E-state index in [1.54, 1.807) is 17.0 Å². The molecule has 0 spiro atoms. The lowest BCUT2D eigenvalue weighted by atomic mass is 9.98. The van der Waals surface area contributed by atoms with Gasteiger partial charge in [-0.2, -0.15) is 0 Å². The van der Waals surface area contributed by atoms with Gasteiger partial charge < -0.3 is 14.4 Å². The summed E-state index contributed by atoms with van der Waals surface area (Å²) in [5.74, 6) is 0.455. The van der Waals surface area contributed by atoms with Crippen LogP contribution < -0.4 is 0 Å². The maximum Gasteiger partial charge on any atom is 0.410 e. The van der Waals surface area contributed by atoms with Gasteiger partial charge in [0.2, 0.25) is 0 Å². The average molecular weight is 398 g/mol. The Morgan fingerprint density at radius 3 is 2.26 bits per heavy atom. The lowest BCUT2D eigenvalue weighted by Gasteiger charge is -2.33. The molecule has 0 aromatic heterocycles. The van der Waals surface area contributed by atoms with E-state index in [0.717, 1.165) is 24.8 Å². The Hall–Kier alpha value is -1.60. The van der Waals surface area contributed by atoms with Crippen molar-refractivity contribution in [3.05, 3.63) is 29.8 Å². The molecule has 1 fully saturated rings. The number of nitrogens with zero attached hydrogens (tertiary/aromatic N) is 1. The Morgan fingerprint density at radius 1 is 1.15 bits per heavy atom. The number of rotatable bonds is 6. The van der Waals surface area contributed by atoms with Gasteiger partial charge in [-0.3, -0.25) is 0 Å². The van der Waals surface area contributed by atoms with Crippen LogP contribution >= 0.6 is 0 Å². The number of likely N-dealkylation sites (tertiary alicyclic amines) is 1. The van der Waals surface area contributed by atoms with Crippen LogP contribution in [0.3, 0.4) is 0 Å². The van der Waals surface area contributed by atoms with Crippen LogP contribution in [0, 0.1) is 5.92 Å². The molecule has 1 heterocycles. The van der Waals surface area contributed by atoms with Gasteiger partial charge in [-0.1, -0.05) is 12.1 Å². The second kappa shape index (κ2) is 9.06. The minimum absolute atomic E-state index is 0.237. The molecule has 1 aromatic rings. The fourth-order valence-corrected chi connectivity index (χ4v) is 3.58. The van der Waals surface area contributed by atoms with Gasteiger partial charge in [0.15, 0.2) is 9.84 Å². The second-order valence-corrected chi connectivity index (χ2v) is 10.2. The predicted octanol–water partition coefficient (Wildman–Crippen LogP) is 3.30. The molecule has 2 rings (SSSR count). The highest BCUT2D eigenvalue weighted by Crippen LogP contribution is 2.20. The molecule has 152 valence electrons. The number of carbonyl (C=O) groups is 1. The van der Waals surface area contributed by atoms with Crippen LogP contribution in [-0.2, 0) is 25.7 Å². The number of amides is 1. The SMILES string of the molecule is CC(C)(C)OC(=O)N1CCC(COCCc2ccc(S(C)(=O)=O)cc2)CC1. The number of hydrogen-bond donors (Lipinski definition) is 0. The quantitative estimate of drug-likeness (QED) is 0.689. The number of benzene rings is 1. The molecule has 0 bridgehead atoms. The number of hydrogen-bond acceptors (Lipinski definition) is 5. The van der Waals surface area contributed by atoms with Crippen LogP contribution in [0.4, 0.5) is 4.79 Å². The van der Waals surface area contributed by atoms with Gasteiger partial charge in [-0.15, -0.1) is 0 Å². The van der Waals surface area contributed by atoms with Crippen molar-refractivity contribution in [2.75, 3.05) is 32.6 Å². The van der Waals surface area contributed by atoms with Crippen LogP contribution in [0.1, 0.15) is 39.2 Å². The van der Waals surface area contributed by atoms with E-state index in [-0.39, 0.29) is 6.09 Å². The predicted molar refractivity (Wildman–Crippen MR) is 105 cm³/mol. The van der Waals surface area contributed by atoms with E-state index in [4.69, 9.17) is 9.47 Å². The van der Waals surface area contributed by atoms with E-state index in [1.165, 1.54) is 6.26 Å². The summed E-state index contributed by atoms with van der Waals surface area (Å²) in [6.45, 7) is 8.32. The minimum Gasteiger partial charge on any atom is -0.444 e. The third kappa shape index (κ3) is 7.50. The fourth-order valence-electron chi connectivity index (χ4n) is 2.95. The van der Waals surface area contributed by atoms with Crippen molar-refractivity contribution in [3.8, 4) is 0 Å². The van der Waals surface area contributed by atoms with Crippen molar-refractivity contribution < 1.29 is 22.7 Å². The van der Waals surface area contributed by atoms with Crippen molar-refractivity contribution in [2.24, 2.45) is 5.92 Å². The van der Waals surface area contributed by atoms with E-state index in [0.29, 0.717) is 37.1 Å². The molecule has 27 heavy (non-hydrogen) atoms. The van der Waals surface area contributed by atoms with Crippen molar-refractivity contribution >= 4 is 15.9 Å². The van der Waals surface area contributed by atoms with Crippen molar-refractivity contribution in [3.63, 3.8) is 0 Å². The van der Waals surface area contributed by atoms with Gasteiger partial charge in [0.25, 0.3) is 0 Å². The summed E-state index contributed by atoms with van der Waals surface area (Å²) in [7, 11) is -3.15. The van der Waals surface area contributed by atoms with E-state index >= 15 is 0 Å². The van der Waals surface area contributed by atoms with Gasteiger partial charge in [-0.25, -0.2) is 13.2 Å². The van der Waals surface area contributed by atoms with E-state index < -0.39 is 15.4 Å². The molecule has 0 N–H and O–H groups in total. The van der Waals surface area contributed by atoms with Gasteiger partial charge in [0.1, 0.15) is 5.60 Å². The maximum absolute atomic E-state index is 12.1. The van der Waals surface area contributed by atoms with Crippen LogP contribution in [0.25, 0.3) is 0 Å². The molecule has 1 aliphatic rings. The minimum atomic E-state index is -3.15. The number of carbonyl (C=O) groups excluding carboxylic acids is 1. The van der Waals surface area contributed by atoms with Gasteiger partial charge in [-0.05, 0) is 63.6 Å².